The van der Waals surface area contributed by atoms with Crippen LogP contribution in [0.1, 0.15) is 32.3 Å². The maximum Gasteiger partial charge on any atom is 0.120 e. The lowest BCUT2D eigenvalue weighted by atomic mass is 10.2. The van der Waals surface area contributed by atoms with Crippen molar-refractivity contribution in [2.24, 2.45) is 0 Å². The molecule has 0 radical (unpaired) electrons. The number of ether oxygens (including phenoxy) is 1. The lowest BCUT2D eigenvalue weighted by Crippen LogP contribution is -2.29. The Hall–Kier alpha value is -1.02. The van der Waals surface area contributed by atoms with E-state index >= 15 is 0 Å². The largest absolute Gasteiger partial charge is 0.489 e. The molecule has 0 saturated heterocycles. The summed E-state index contributed by atoms with van der Waals surface area (Å²) in [6, 6.07) is 8.19. The highest BCUT2D eigenvalue weighted by molar-refractivity contribution is 5.27. The maximum absolute atomic E-state index is 5.81. The first kappa shape index (κ1) is 13.0. The van der Waals surface area contributed by atoms with E-state index in [1.807, 2.05) is 12.1 Å². The summed E-state index contributed by atoms with van der Waals surface area (Å²) in [5, 5.41) is 3.40. The zero-order valence-electron chi connectivity index (χ0n) is 10.6. The van der Waals surface area contributed by atoms with Crippen LogP contribution in [0.15, 0.2) is 24.3 Å². The molecule has 16 heavy (non-hydrogen) atoms. The Kier molecular flexibility index (Phi) is 5.94. The predicted octanol–water partition coefficient (Wildman–Crippen LogP) is 3.15. The molecule has 0 aliphatic carbocycles. The van der Waals surface area contributed by atoms with Crippen molar-refractivity contribution in [1.29, 1.82) is 0 Å². The molecule has 0 heterocycles. The Labute approximate surface area is 99.0 Å². The highest BCUT2D eigenvalue weighted by Crippen LogP contribution is 2.13. The van der Waals surface area contributed by atoms with Gasteiger partial charge in [-0.25, -0.2) is 0 Å². The lowest BCUT2D eigenvalue weighted by molar-refractivity contribution is 0.217. The summed E-state index contributed by atoms with van der Waals surface area (Å²) >= 11 is 0. The van der Waals surface area contributed by atoms with Gasteiger partial charge in [0, 0.05) is 6.54 Å². The van der Waals surface area contributed by atoms with Crippen LogP contribution in [-0.2, 0) is 0 Å². The van der Waals surface area contributed by atoms with Crippen molar-refractivity contribution >= 4 is 0 Å². The third-order valence-corrected chi connectivity index (χ3v) is 2.47. The number of benzene rings is 1. The second-order valence-corrected chi connectivity index (χ2v) is 4.30. The fourth-order valence-corrected chi connectivity index (χ4v) is 1.57. The molecule has 0 fully saturated rings. The van der Waals surface area contributed by atoms with Gasteiger partial charge in [-0.15, -0.1) is 0 Å². The third kappa shape index (κ3) is 5.17. The van der Waals surface area contributed by atoms with Gasteiger partial charge in [-0.1, -0.05) is 25.5 Å². The normalized spacial score (nSPS) is 12.4. The van der Waals surface area contributed by atoms with Gasteiger partial charge in [-0.2, -0.15) is 0 Å². The molecule has 2 nitrogen and oxygen atoms in total. The molecule has 0 saturated carbocycles. The second-order valence-electron chi connectivity index (χ2n) is 4.30. The molecular weight excluding hydrogens is 198 g/mol. The van der Waals surface area contributed by atoms with Crippen molar-refractivity contribution in [3.63, 3.8) is 0 Å². The average molecular weight is 221 g/mol. The van der Waals surface area contributed by atoms with E-state index in [2.05, 4.69) is 38.2 Å². The molecule has 0 spiro atoms. The quantitative estimate of drug-likeness (QED) is 0.714. The van der Waals surface area contributed by atoms with Crippen molar-refractivity contribution in [2.45, 2.75) is 39.7 Å². The van der Waals surface area contributed by atoms with Crippen molar-refractivity contribution in [3.05, 3.63) is 29.8 Å². The van der Waals surface area contributed by atoms with Gasteiger partial charge in [-0.3, -0.25) is 0 Å². The standard InChI is InChI=1S/C14H23NO/c1-4-5-9-15-11-13(3)16-14-8-6-7-12(2)10-14/h6-8,10,13,15H,4-5,9,11H2,1-3H3. The van der Waals surface area contributed by atoms with Gasteiger partial charge in [-0.05, 0) is 44.5 Å². The summed E-state index contributed by atoms with van der Waals surface area (Å²) in [4.78, 5) is 0. The first-order valence-electron chi connectivity index (χ1n) is 6.16. The SMILES string of the molecule is CCCCNCC(C)Oc1cccc(C)c1. The summed E-state index contributed by atoms with van der Waals surface area (Å²) in [6.45, 7) is 8.37. The van der Waals surface area contributed by atoms with Gasteiger partial charge in [0.2, 0.25) is 0 Å². The minimum absolute atomic E-state index is 0.221. The van der Waals surface area contributed by atoms with Crippen molar-refractivity contribution < 1.29 is 4.74 Å². The van der Waals surface area contributed by atoms with E-state index in [1.54, 1.807) is 0 Å². The number of unbranched alkanes of at least 4 members (excludes halogenated alkanes) is 1. The molecule has 1 unspecified atom stereocenters. The molecule has 1 aromatic rings. The van der Waals surface area contributed by atoms with Crippen LogP contribution in [0.2, 0.25) is 0 Å². The molecule has 1 aromatic carbocycles. The molecule has 1 N–H and O–H groups in total. The van der Waals surface area contributed by atoms with E-state index in [0.29, 0.717) is 0 Å². The number of hydrogen-bond acceptors (Lipinski definition) is 2. The molecule has 0 bridgehead atoms. The van der Waals surface area contributed by atoms with E-state index in [1.165, 1.54) is 18.4 Å². The first-order chi connectivity index (χ1) is 7.72. The Morgan fingerprint density at radius 1 is 1.38 bits per heavy atom. The van der Waals surface area contributed by atoms with E-state index in [9.17, 15) is 0 Å². The highest BCUT2D eigenvalue weighted by atomic mass is 16.5. The van der Waals surface area contributed by atoms with E-state index < -0.39 is 0 Å². The monoisotopic (exact) mass is 221 g/mol. The minimum atomic E-state index is 0.221. The van der Waals surface area contributed by atoms with Crippen LogP contribution in [0.3, 0.4) is 0 Å². The summed E-state index contributed by atoms with van der Waals surface area (Å²) in [6.07, 6.45) is 2.69. The Morgan fingerprint density at radius 3 is 2.88 bits per heavy atom. The van der Waals surface area contributed by atoms with Gasteiger partial charge in [0.15, 0.2) is 0 Å². The molecule has 90 valence electrons. The van der Waals surface area contributed by atoms with E-state index in [-0.39, 0.29) is 6.10 Å². The Balaban J connectivity index is 2.25. The smallest absolute Gasteiger partial charge is 0.120 e. The molecule has 0 aliphatic heterocycles. The Bertz CT molecular complexity index is 299. The molecule has 1 atom stereocenters. The topological polar surface area (TPSA) is 21.3 Å². The van der Waals surface area contributed by atoms with Crippen LogP contribution in [0.4, 0.5) is 0 Å². The van der Waals surface area contributed by atoms with Crippen LogP contribution in [0, 0.1) is 6.92 Å². The number of nitrogens with one attached hydrogen (secondary N) is 1. The summed E-state index contributed by atoms with van der Waals surface area (Å²) in [7, 11) is 0. The van der Waals surface area contributed by atoms with Crippen LogP contribution in [0.5, 0.6) is 5.75 Å². The molecule has 2 heteroatoms. The molecular formula is C14H23NO. The summed E-state index contributed by atoms with van der Waals surface area (Å²) < 4.78 is 5.81. The van der Waals surface area contributed by atoms with Crippen LogP contribution in [0.25, 0.3) is 0 Å². The average Bonchev–Trinajstić information content (AvgIpc) is 2.24. The summed E-state index contributed by atoms with van der Waals surface area (Å²) in [5.74, 6) is 0.963. The van der Waals surface area contributed by atoms with Gasteiger partial charge >= 0.3 is 0 Å². The van der Waals surface area contributed by atoms with Crippen molar-refractivity contribution in [1.82, 2.24) is 5.32 Å². The second kappa shape index (κ2) is 7.29. The van der Waals surface area contributed by atoms with Gasteiger partial charge < -0.3 is 10.1 Å². The van der Waals surface area contributed by atoms with Crippen LogP contribution >= 0.6 is 0 Å². The van der Waals surface area contributed by atoms with Gasteiger partial charge in [0.1, 0.15) is 11.9 Å². The third-order valence-electron chi connectivity index (χ3n) is 2.47. The predicted molar refractivity (Wildman–Crippen MR) is 69.0 cm³/mol. The van der Waals surface area contributed by atoms with Gasteiger partial charge in [0.05, 0.1) is 0 Å². The minimum Gasteiger partial charge on any atom is -0.489 e. The van der Waals surface area contributed by atoms with E-state index in [0.717, 1.165) is 18.8 Å². The summed E-state index contributed by atoms with van der Waals surface area (Å²) in [5.41, 5.74) is 1.24. The fraction of sp³-hybridized carbons (Fsp3) is 0.571. The Morgan fingerprint density at radius 2 is 2.19 bits per heavy atom. The van der Waals surface area contributed by atoms with Gasteiger partial charge in [0.25, 0.3) is 0 Å². The molecule has 0 aromatic heterocycles. The molecule has 0 aliphatic rings. The van der Waals surface area contributed by atoms with Crippen LogP contribution < -0.4 is 10.1 Å². The maximum atomic E-state index is 5.81. The number of hydrogen-bond donors (Lipinski definition) is 1. The molecule has 0 amide bonds. The van der Waals surface area contributed by atoms with E-state index in [4.69, 9.17) is 4.74 Å². The fourth-order valence-electron chi connectivity index (χ4n) is 1.57. The van der Waals surface area contributed by atoms with Crippen molar-refractivity contribution in [3.8, 4) is 5.75 Å². The zero-order chi connectivity index (χ0) is 11.8. The number of aryl methyl sites for hydroxylation is 1. The highest BCUT2D eigenvalue weighted by Gasteiger charge is 2.02. The van der Waals surface area contributed by atoms with Crippen molar-refractivity contribution in [2.75, 3.05) is 13.1 Å². The lowest BCUT2D eigenvalue weighted by Gasteiger charge is -2.15. The molecule has 1 rings (SSSR count). The zero-order valence-corrected chi connectivity index (χ0v) is 10.6. The van der Waals surface area contributed by atoms with Crippen LogP contribution in [-0.4, -0.2) is 19.2 Å². The first-order valence-corrected chi connectivity index (χ1v) is 6.16. The number of rotatable bonds is 7.